The van der Waals surface area contributed by atoms with E-state index in [9.17, 15) is 13.2 Å². The summed E-state index contributed by atoms with van der Waals surface area (Å²) in [6.07, 6.45) is 1.93. The standard InChI is InChI=1S/C12H19N3O3S.ClH/c1-9(13)7-8-12(16)14-10-5-3-4-6-11(10)15-19(2,17)18;/h3-6,9,15H,7-8,13H2,1-2H3,(H,14,16);1H. The molecule has 0 fully saturated rings. The lowest BCUT2D eigenvalue weighted by Crippen LogP contribution is -2.20. The molecule has 0 saturated heterocycles. The van der Waals surface area contributed by atoms with Gasteiger partial charge in [0.2, 0.25) is 15.9 Å². The summed E-state index contributed by atoms with van der Waals surface area (Å²) in [6.45, 7) is 1.83. The zero-order valence-electron chi connectivity index (χ0n) is 11.4. The molecular weight excluding hydrogens is 302 g/mol. The number of anilines is 2. The summed E-state index contributed by atoms with van der Waals surface area (Å²) in [7, 11) is -3.38. The van der Waals surface area contributed by atoms with E-state index in [2.05, 4.69) is 10.0 Å². The van der Waals surface area contributed by atoms with Gasteiger partial charge in [-0.2, -0.15) is 0 Å². The van der Waals surface area contributed by atoms with Crippen LogP contribution in [0, 0.1) is 0 Å². The maximum Gasteiger partial charge on any atom is 0.229 e. The Kier molecular flexibility index (Phi) is 7.55. The topological polar surface area (TPSA) is 101 Å². The second-order valence-electron chi connectivity index (χ2n) is 4.48. The number of halogens is 1. The largest absolute Gasteiger partial charge is 0.328 e. The summed E-state index contributed by atoms with van der Waals surface area (Å²) >= 11 is 0. The molecule has 0 spiro atoms. The maximum atomic E-state index is 11.7. The van der Waals surface area contributed by atoms with E-state index < -0.39 is 10.0 Å². The van der Waals surface area contributed by atoms with Gasteiger partial charge in [0.05, 0.1) is 17.6 Å². The Morgan fingerprint density at radius 1 is 1.30 bits per heavy atom. The van der Waals surface area contributed by atoms with Crippen molar-refractivity contribution in [1.29, 1.82) is 0 Å². The third kappa shape index (κ3) is 7.32. The van der Waals surface area contributed by atoms with Gasteiger partial charge in [-0.25, -0.2) is 8.42 Å². The number of carbonyl (C=O) groups is 1. The second kappa shape index (κ2) is 8.08. The smallest absolute Gasteiger partial charge is 0.229 e. The Labute approximate surface area is 125 Å². The van der Waals surface area contributed by atoms with Crippen LogP contribution in [0.4, 0.5) is 11.4 Å². The van der Waals surface area contributed by atoms with Crippen molar-refractivity contribution in [1.82, 2.24) is 0 Å². The highest BCUT2D eigenvalue weighted by Gasteiger charge is 2.10. The van der Waals surface area contributed by atoms with Gasteiger partial charge >= 0.3 is 0 Å². The number of para-hydroxylation sites is 2. The van der Waals surface area contributed by atoms with Crippen LogP contribution in [0.25, 0.3) is 0 Å². The first-order valence-corrected chi connectivity index (χ1v) is 7.79. The number of hydrogen-bond acceptors (Lipinski definition) is 4. The van der Waals surface area contributed by atoms with Crippen molar-refractivity contribution in [3.63, 3.8) is 0 Å². The van der Waals surface area contributed by atoms with Crippen LogP contribution in [0.1, 0.15) is 19.8 Å². The molecule has 20 heavy (non-hydrogen) atoms. The van der Waals surface area contributed by atoms with Crippen LogP contribution >= 0.6 is 12.4 Å². The van der Waals surface area contributed by atoms with Crippen LogP contribution in [0.5, 0.6) is 0 Å². The van der Waals surface area contributed by atoms with Crippen molar-refractivity contribution in [3.05, 3.63) is 24.3 Å². The molecule has 1 unspecified atom stereocenters. The van der Waals surface area contributed by atoms with Gasteiger partial charge in [0.1, 0.15) is 0 Å². The van der Waals surface area contributed by atoms with Crippen molar-refractivity contribution in [3.8, 4) is 0 Å². The normalized spacial score (nSPS) is 12.2. The molecule has 4 N–H and O–H groups in total. The van der Waals surface area contributed by atoms with E-state index in [1.54, 1.807) is 24.3 Å². The highest BCUT2D eigenvalue weighted by molar-refractivity contribution is 7.92. The molecule has 114 valence electrons. The molecule has 0 aliphatic carbocycles. The van der Waals surface area contributed by atoms with Crippen LogP contribution in [-0.4, -0.2) is 26.6 Å². The van der Waals surface area contributed by atoms with E-state index >= 15 is 0 Å². The third-order valence-corrected chi connectivity index (χ3v) is 2.91. The van der Waals surface area contributed by atoms with E-state index in [0.29, 0.717) is 24.2 Å². The average Bonchev–Trinajstić information content (AvgIpc) is 2.27. The number of amides is 1. The van der Waals surface area contributed by atoms with Crippen LogP contribution in [0.3, 0.4) is 0 Å². The van der Waals surface area contributed by atoms with E-state index in [4.69, 9.17) is 5.73 Å². The zero-order chi connectivity index (χ0) is 14.5. The number of nitrogens with one attached hydrogen (secondary N) is 2. The Balaban J connectivity index is 0.00000361. The first kappa shape index (κ1) is 18.7. The number of rotatable bonds is 6. The minimum atomic E-state index is -3.38. The minimum absolute atomic E-state index is 0. The summed E-state index contributed by atoms with van der Waals surface area (Å²) < 4.78 is 24.8. The van der Waals surface area contributed by atoms with E-state index in [0.717, 1.165) is 6.26 Å². The van der Waals surface area contributed by atoms with Crippen molar-refractivity contribution in [2.75, 3.05) is 16.3 Å². The molecular formula is C12H20ClN3O3S. The van der Waals surface area contributed by atoms with Crippen LogP contribution in [-0.2, 0) is 14.8 Å². The molecule has 1 aromatic rings. The highest BCUT2D eigenvalue weighted by atomic mass is 35.5. The van der Waals surface area contributed by atoms with Gasteiger partial charge in [0.25, 0.3) is 0 Å². The van der Waals surface area contributed by atoms with Crippen molar-refractivity contribution in [2.45, 2.75) is 25.8 Å². The number of hydrogen-bond donors (Lipinski definition) is 3. The van der Waals surface area contributed by atoms with Gasteiger partial charge < -0.3 is 11.1 Å². The summed E-state index contributed by atoms with van der Waals surface area (Å²) in [4.78, 5) is 11.7. The summed E-state index contributed by atoms with van der Waals surface area (Å²) in [5.74, 6) is -0.194. The third-order valence-electron chi connectivity index (χ3n) is 2.32. The maximum absolute atomic E-state index is 11.7. The van der Waals surface area contributed by atoms with E-state index in [-0.39, 0.29) is 24.4 Å². The average molecular weight is 322 g/mol. The van der Waals surface area contributed by atoms with Gasteiger partial charge in [-0.05, 0) is 25.5 Å². The van der Waals surface area contributed by atoms with Gasteiger partial charge in [-0.15, -0.1) is 12.4 Å². The number of benzene rings is 1. The molecule has 8 heteroatoms. The first-order valence-electron chi connectivity index (χ1n) is 5.90. The molecule has 0 heterocycles. The number of nitrogens with two attached hydrogens (primary N) is 1. The SMILES string of the molecule is CC(N)CCC(=O)Nc1ccccc1NS(C)(=O)=O.Cl. The quantitative estimate of drug-likeness (QED) is 0.739. The predicted octanol–water partition coefficient (Wildman–Crippen LogP) is 1.55. The lowest BCUT2D eigenvalue weighted by molar-refractivity contribution is -0.116. The summed E-state index contributed by atoms with van der Waals surface area (Å²) in [5.41, 5.74) is 6.35. The van der Waals surface area contributed by atoms with Crippen LogP contribution in [0.15, 0.2) is 24.3 Å². The zero-order valence-corrected chi connectivity index (χ0v) is 13.1. The Hall–Kier alpha value is -1.31. The number of carbonyl (C=O) groups excluding carboxylic acids is 1. The predicted molar refractivity (Wildman–Crippen MR) is 83.7 cm³/mol. The molecule has 0 radical (unpaired) electrons. The van der Waals surface area contributed by atoms with Crippen LogP contribution < -0.4 is 15.8 Å². The molecule has 0 aliphatic heterocycles. The Morgan fingerprint density at radius 3 is 2.35 bits per heavy atom. The molecule has 1 rings (SSSR count). The number of sulfonamides is 1. The molecule has 1 aromatic carbocycles. The molecule has 0 saturated carbocycles. The molecule has 0 aromatic heterocycles. The molecule has 1 amide bonds. The van der Waals surface area contributed by atoms with E-state index in [1.165, 1.54) is 0 Å². The molecule has 0 bridgehead atoms. The van der Waals surface area contributed by atoms with Crippen LogP contribution in [0.2, 0.25) is 0 Å². The highest BCUT2D eigenvalue weighted by Crippen LogP contribution is 2.22. The molecule has 6 nitrogen and oxygen atoms in total. The lowest BCUT2D eigenvalue weighted by atomic mass is 10.2. The fourth-order valence-electron chi connectivity index (χ4n) is 1.45. The van der Waals surface area contributed by atoms with Crippen molar-refractivity contribution < 1.29 is 13.2 Å². The van der Waals surface area contributed by atoms with E-state index in [1.807, 2.05) is 6.92 Å². The van der Waals surface area contributed by atoms with Gasteiger partial charge in [0, 0.05) is 12.5 Å². The summed E-state index contributed by atoms with van der Waals surface area (Å²) in [5, 5.41) is 2.67. The first-order chi connectivity index (χ1) is 8.78. The fraction of sp³-hybridized carbons (Fsp3) is 0.417. The summed E-state index contributed by atoms with van der Waals surface area (Å²) in [6, 6.07) is 6.58. The Morgan fingerprint density at radius 2 is 1.85 bits per heavy atom. The monoisotopic (exact) mass is 321 g/mol. The van der Waals surface area contributed by atoms with Gasteiger partial charge in [-0.1, -0.05) is 12.1 Å². The molecule has 1 atom stereocenters. The molecule has 0 aliphatic rings. The van der Waals surface area contributed by atoms with Gasteiger partial charge in [-0.3, -0.25) is 9.52 Å². The van der Waals surface area contributed by atoms with Crippen molar-refractivity contribution in [2.24, 2.45) is 5.73 Å². The van der Waals surface area contributed by atoms with Crippen molar-refractivity contribution >= 4 is 39.7 Å². The Bertz CT molecular complexity index is 547. The lowest BCUT2D eigenvalue weighted by Gasteiger charge is -2.12. The second-order valence-corrected chi connectivity index (χ2v) is 6.23. The fourth-order valence-corrected chi connectivity index (χ4v) is 2.03. The minimum Gasteiger partial charge on any atom is -0.328 e. The van der Waals surface area contributed by atoms with Gasteiger partial charge in [0.15, 0.2) is 0 Å².